The Kier molecular flexibility index (Phi) is 3.92. The number of nitrogens with one attached hydrogen (secondary N) is 1. The maximum absolute atomic E-state index is 5.58. The lowest BCUT2D eigenvalue weighted by atomic mass is 9.79. The lowest BCUT2D eigenvalue weighted by Crippen LogP contribution is -2.47. The number of rotatable bonds is 7. The van der Waals surface area contributed by atoms with Crippen LogP contribution in [0, 0.1) is 11.3 Å². The molecule has 1 N–H and O–H groups in total. The third kappa shape index (κ3) is 3.69. The third-order valence-electron chi connectivity index (χ3n) is 4.77. The van der Waals surface area contributed by atoms with E-state index in [4.69, 9.17) is 4.74 Å². The zero-order valence-corrected chi connectivity index (χ0v) is 11.8. The molecule has 104 valence electrons. The van der Waals surface area contributed by atoms with Gasteiger partial charge in [0.15, 0.2) is 0 Å². The zero-order valence-electron chi connectivity index (χ0n) is 11.8. The van der Waals surface area contributed by atoms with Gasteiger partial charge in [0.25, 0.3) is 0 Å². The van der Waals surface area contributed by atoms with Crippen molar-refractivity contribution >= 4 is 0 Å². The van der Waals surface area contributed by atoms with E-state index in [1.807, 2.05) is 0 Å². The summed E-state index contributed by atoms with van der Waals surface area (Å²) in [6, 6.07) is 0.832. The van der Waals surface area contributed by atoms with Crippen LogP contribution in [0.2, 0.25) is 0 Å². The molecule has 3 heteroatoms. The zero-order chi connectivity index (χ0) is 12.4. The monoisotopic (exact) mass is 252 g/mol. The predicted molar refractivity (Wildman–Crippen MR) is 73.7 cm³/mol. The summed E-state index contributed by atoms with van der Waals surface area (Å²) >= 11 is 0. The van der Waals surface area contributed by atoms with Gasteiger partial charge in [-0.1, -0.05) is 0 Å². The molecular formula is C15H28N2O. The Morgan fingerprint density at radius 1 is 1.17 bits per heavy atom. The molecule has 2 saturated carbocycles. The van der Waals surface area contributed by atoms with Crippen LogP contribution in [-0.4, -0.2) is 50.8 Å². The van der Waals surface area contributed by atoms with E-state index in [1.165, 1.54) is 58.2 Å². The van der Waals surface area contributed by atoms with Gasteiger partial charge in [-0.3, -0.25) is 0 Å². The molecule has 0 atom stereocenters. The molecule has 0 radical (unpaired) electrons. The summed E-state index contributed by atoms with van der Waals surface area (Å²) in [5.41, 5.74) is 0.477. The van der Waals surface area contributed by atoms with E-state index in [0.29, 0.717) is 5.41 Å². The lowest BCUT2D eigenvalue weighted by Gasteiger charge is -2.40. The van der Waals surface area contributed by atoms with Crippen LogP contribution in [0.4, 0.5) is 0 Å². The highest BCUT2D eigenvalue weighted by Crippen LogP contribution is 2.34. The molecule has 3 aliphatic rings. The van der Waals surface area contributed by atoms with Crippen molar-refractivity contribution in [3.05, 3.63) is 0 Å². The first kappa shape index (κ1) is 12.9. The van der Waals surface area contributed by atoms with E-state index in [1.54, 1.807) is 0 Å². The van der Waals surface area contributed by atoms with Crippen LogP contribution in [-0.2, 0) is 4.74 Å². The number of ether oxygens (including phenoxy) is 1. The van der Waals surface area contributed by atoms with Crippen LogP contribution < -0.4 is 5.32 Å². The summed E-state index contributed by atoms with van der Waals surface area (Å²) in [5, 5.41) is 3.76. The minimum absolute atomic E-state index is 0.477. The first-order valence-corrected chi connectivity index (χ1v) is 7.75. The third-order valence-corrected chi connectivity index (χ3v) is 4.77. The highest BCUT2D eigenvalue weighted by molar-refractivity contribution is 4.91. The Hall–Kier alpha value is -0.120. The van der Waals surface area contributed by atoms with Crippen LogP contribution in [0.3, 0.4) is 0 Å². The normalized spacial score (nSPS) is 27.7. The van der Waals surface area contributed by atoms with Gasteiger partial charge in [0, 0.05) is 38.9 Å². The number of nitrogens with zero attached hydrogens (tertiary/aromatic N) is 1. The molecular weight excluding hydrogens is 224 g/mol. The minimum atomic E-state index is 0.477. The SMILES string of the molecule is CN(CC1CC1)CC1(CNC2CC2)CCOCC1. The molecule has 0 aromatic rings. The molecule has 1 heterocycles. The Balaban J connectivity index is 1.52. The Morgan fingerprint density at radius 3 is 2.50 bits per heavy atom. The van der Waals surface area contributed by atoms with Crippen molar-refractivity contribution in [2.75, 3.05) is 39.9 Å². The molecule has 0 aromatic heterocycles. The summed E-state index contributed by atoms with van der Waals surface area (Å²) in [5.74, 6) is 1.00. The minimum Gasteiger partial charge on any atom is -0.381 e. The van der Waals surface area contributed by atoms with Gasteiger partial charge in [0.05, 0.1) is 0 Å². The van der Waals surface area contributed by atoms with Gasteiger partial charge in [-0.05, 0) is 56.9 Å². The van der Waals surface area contributed by atoms with Crippen molar-refractivity contribution in [2.45, 2.75) is 44.6 Å². The first-order valence-electron chi connectivity index (χ1n) is 7.75. The average Bonchev–Trinajstić information content (AvgIpc) is 3.23. The lowest BCUT2D eigenvalue weighted by molar-refractivity contribution is -0.00129. The summed E-state index contributed by atoms with van der Waals surface area (Å²) in [4.78, 5) is 2.58. The fourth-order valence-corrected chi connectivity index (χ4v) is 3.22. The number of hydrogen-bond acceptors (Lipinski definition) is 3. The largest absolute Gasteiger partial charge is 0.381 e. The molecule has 3 rings (SSSR count). The standard InChI is InChI=1S/C15H28N2O/c1-17(10-13-2-3-13)12-15(6-8-18-9-7-15)11-16-14-4-5-14/h13-14,16H,2-12H2,1H3. The van der Waals surface area contributed by atoms with Crippen molar-refractivity contribution in [2.24, 2.45) is 11.3 Å². The van der Waals surface area contributed by atoms with Crippen LogP contribution in [0.15, 0.2) is 0 Å². The van der Waals surface area contributed by atoms with Gasteiger partial charge in [0.2, 0.25) is 0 Å². The molecule has 3 fully saturated rings. The van der Waals surface area contributed by atoms with Crippen molar-refractivity contribution in [3.8, 4) is 0 Å². The Labute approximate surface area is 111 Å². The molecule has 2 aliphatic carbocycles. The molecule has 0 unspecified atom stereocenters. The molecule has 18 heavy (non-hydrogen) atoms. The molecule has 3 nitrogen and oxygen atoms in total. The van der Waals surface area contributed by atoms with Gasteiger partial charge in [-0.15, -0.1) is 0 Å². The number of hydrogen-bond donors (Lipinski definition) is 1. The van der Waals surface area contributed by atoms with Crippen LogP contribution in [0.1, 0.15) is 38.5 Å². The molecule has 0 aromatic carbocycles. The maximum atomic E-state index is 5.58. The highest BCUT2D eigenvalue weighted by Gasteiger charge is 2.36. The fourth-order valence-electron chi connectivity index (χ4n) is 3.22. The topological polar surface area (TPSA) is 24.5 Å². The average molecular weight is 252 g/mol. The Morgan fingerprint density at radius 2 is 1.89 bits per heavy atom. The first-order chi connectivity index (χ1) is 8.76. The van der Waals surface area contributed by atoms with E-state index >= 15 is 0 Å². The highest BCUT2D eigenvalue weighted by atomic mass is 16.5. The van der Waals surface area contributed by atoms with E-state index < -0.39 is 0 Å². The van der Waals surface area contributed by atoms with Crippen molar-refractivity contribution in [1.29, 1.82) is 0 Å². The van der Waals surface area contributed by atoms with Gasteiger partial charge >= 0.3 is 0 Å². The van der Waals surface area contributed by atoms with E-state index in [2.05, 4.69) is 17.3 Å². The molecule has 0 bridgehead atoms. The maximum Gasteiger partial charge on any atom is 0.0472 e. The molecule has 0 spiro atoms. The van der Waals surface area contributed by atoms with Crippen molar-refractivity contribution in [3.63, 3.8) is 0 Å². The smallest absolute Gasteiger partial charge is 0.0472 e. The van der Waals surface area contributed by atoms with Crippen LogP contribution in [0.5, 0.6) is 0 Å². The van der Waals surface area contributed by atoms with Crippen LogP contribution in [0.25, 0.3) is 0 Å². The van der Waals surface area contributed by atoms with E-state index in [-0.39, 0.29) is 0 Å². The van der Waals surface area contributed by atoms with Crippen molar-refractivity contribution < 1.29 is 4.74 Å². The quantitative estimate of drug-likeness (QED) is 0.749. The fraction of sp³-hybridized carbons (Fsp3) is 1.00. The van der Waals surface area contributed by atoms with E-state index in [0.717, 1.165) is 25.2 Å². The summed E-state index contributed by atoms with van der Waals surface area (Å²) in [6.45, 7) is 5.70. The molecule has 1 aliphatic heterocycles. The predicted octanol–water partition coefficient (Wildman–Crippen LogP) is 1.88. The van der Waals surface area contributed by atoms with Gasteiger partial charge < -0.3 is 15.0 Å². The second kappa shape index (κ2) is 5.48. The summed E-state index contributed by atoms with van der Waals surface area (Å²) in [7, 11) is 2.31. The van der Waals surface area contributed by atoms with E-state index in [9.17, 15) is 0 Å². The Bertz CT molecular complexity index is 268. The molecule has 0 amide bonds. The second-order valence-electron chi connectivity index (χ2n) is 6.91. The van der Waals surface area contributed by atoms with Crippen molar-refractivity contribution in [1.82, 2.24) is 10.2 Å². The van der Waals surface area contributed by atoms with Crippen LogP contribution >= 0.6 is 0 Å². The summed E-state index contributed by atoms with van der Waals surface area (Å²) in [6.07, 6.45) is 8.18. The van der Waals surface area contributed by atoms with Gasteiger partial charge in [-0.2, -0.15) is 0 Å². The van der Waals surface area contributed by atoms with Gasteiger partial charge in [-0.25, -0.2) is 0 Å². The van der Waals surface area contributed by atoms with Gasteiger partial charge in [0.1, 0.15) is 0 Å². The summed E-state index contributed by atoms with van der Waals surface area (Å²) < 4.78 is 5.58. The second-order valence-corrected chi connectivity index (χ2v) is 6.91. The molecule has 1 saturated heterocycles.